The van der Waals surface area contributed by atoms with Gasteiger partial charge in [0.25, 0.3) is 5.91 Å². The first kappa shape index (κ1) is 16.5. The van der Waals surface area contributed by atoms with Crippen molar-refractivity contribution < 1.29 is 19.8 Å². The quantitative estimate of drug-likeness (QED) is 0.669. The third-order valence-corrected chi connectivity index (χ3v) is 3.97. The lowest BCUT2D eigenvalue weighted by Gasteiger charge is -2.15. The molecule has 0 saturated heterocycles. The van der Waals surface area contributed by atoms with Gasteiger partial charge in [0.1, 0.15) is 11.8 Å². The average molecular weight is 335 g/mol. The molecule has 3 rings (SSSR count). The summed E-state index contributed by atoms with van der Waals surface area (Å²) in [4.78, 5) is 23.8. The molecule has 5 heteroatoms. The van der Waals surface area contributed by atoms with Crippen molar-refractivity contribution in [3.63, 3.8) is 0 Å². The largest absolute Gasteiger partial charge is 0.508 e. The number of aliphatic carboxylic acids is 1. The number of hydrogen-bond donors (Lipinski definition) is 3. The predicted molar refractivity (Wildman–Crippen MR) is 94.6 cm³/mol. The number of hydrogen-bond acceptors (Lipinski definition) is 3. The van der Waals surface area contributed by atoms with Crippen LogP contribution in [0.4, 0.5) is 0 Å². The molecular weight excluding hydrogens is 318 g/mol. The van der Waals surface area contributed by atoms with Gasteiger partial charge in [-0.05, 0) is 34.5 Å². The fourth-order valence-corrected chi connectivity index (χ4v) is 2.69. The third-order valence-electron chi connectivity index (χ3n) is 3.97. The summed E-state index contributed by atoms with van der Waals surface area (Å²) >= 11 is 0. The minimum atomic E-state index is -1.11. The molecule has 0 spiro atoms. The van der Waals surface area contributed by atoms with Crippen molar-refractivity contribution in [2.24, 2.45) is 0 Å². The minimum absolute atomic E-state index is 0.0472. The number of rotatable bonds is 5. The Morgan fingerprint density at radius 2 is 1.68 bits per heavy atom. The molecule has 3 aromatic carbocycles. The average Bonchev–Trinajstić information content (AvgIpc) is 2.61. The molecule has 0 saturated carbocycles. The van der Waals surface area contributed by atoms with Crippen molar-refractivity contribution in [1.82, 2.24) is 5.32 Å². The summed E-state index contributed by atoms with van der Waals surface area (Å²) in [6.45, 7) is 0. The molecule has 0 fully saturated rings. The molecule has 0 aliphatic carbocycles. The molecule has 0 aliphatic heterocycles. The van der Waals surface area contributed by atoms with Crippen LogP contribution in [0.1, 0.15) is 15.9 Å². The van der Waals surface area contributed by atoms with Crippen LogP contribution in [0.5, 0.6) is 5.75 Å². The highest BCUT2D eigenvalue weighted by molar-refractivity contribution is 5.97. The Bertz CT molecular complexity index is 936. The minimum Gasteiger partial charge on any atom is -0.508 e. The normalized spacial score (nSPS) is 11.8. The summed E-state index contributed by atoms with van der Waals surface area (Å²) in [5, 5.41) is 23.5. The van der Waals surface area contributed by atoms with E-state index in [0.717, 1.165) is 16.3 Å². The summed E-state index contributed by atoms with van der Waals surface area (Å²) in [7, 11) is 0. The molecule has 1 unspecified atom stereocenters. The number of carbonyl (C=O) groups excluding carboxylic acids is 1. The molecule has 1 amide bonds. The SMILES string of the molecule is O=C(NC(Cc1ccc2ccccc2c1)C(=O)O)c1cccc(O)c1. The van der Waals surface area contributed by atoms with Gasteiger partial charge in [-0.15, -0.1) is 0 Å². The van der Waals surface area contributed by atoms with E-state index in [2.05, 4.69) is 5.32 Å². The zero-order valence-corrected chi connectivity index (χ0v) is 13.3. The maximum atomic E-state index is 12.2. The van der Waals surface area contributed by atoms with E-state index < -0.39 is 17.9 Å². The Balaban J connectivity index is 1.78. The van der Waals surface area contributed by atoms with Crippen molar-refractivity contribution in [3.05, 3.63) is 77.9 Å². The van der Waals surface area contributed by atoms with Crippen LogP contribution < -0.4 is 5.32 Å². The van der Waals surface area contributed by atoms with Crippen molar-refractivity contribution in [1.29, 1.82) is 0 Å². The fraction of sp³-hybridized carbons (Fsp3) is 0.100. The second kappa shape index (κ2) is 7.05. The molecule has 0 bridgehead atoms. The van der Waals surface area contributed by atoms with Crippen LogP contribution in [0.3, 0.4) is 0 Å². The summed E-state index contributed by atoms with van der Waals surface area (Å²) < 4.78 is 0. The fourth-order valence-electron chi connectivity index (χ4n) is 2.69. The number of nitrogens with one attached hydrogen (secondary N) is 1. The lowest BCUT2D eigenvalue weighted by atomic mass is 10.0. The number of phenols is 1. The zero-order valence-electron chi connectivity index (χ0n) is 13.3. The van der Waals surface area contributed by atoms with E-state index in [1.165, 1.54) is 24.3 Å². The number of aromatic hydroxyl groups is 1. The van der Waals surface area contributed by atoms with Crippen molar-refractivity contribution in [3.8, 4) is 5.75 Å². The topological polar surface area (TPSA) is 86.6 Å². The lowest BCUT2D eigenvalue weighted by Crippen LogP contribution is -2.42. The third kappa shape index (κ3) is 3.95. The van der Waals surface area contributed by atoms with E-state index in [0.29, 0.717) is 0 Å². The molecule has 0 aromatic heterocycles. The van der Waals surface area contributed by atoms with E-state index in [1.54, 1.807) is 0 Å². The molecule has 1 atom stereocenters. The summed E-state index contributed by atoms with van der Waals surface area (Å²) in [5.41, 5.74) is 1.03. The number of carboxylic acid groups (broad SMARTS) is 1. The number of carboxylic acids is 1. The molecule has 25 heavy (non-hydrogen) atoms. The summed E-state index contributed by atoms with van der Waals surface area (Å²) in [6, 6.07) is 18.2. The van der Waals surface area contributed by atoms with E-state index in [-0.39, 0.29) is 17.7 Å². The zero-order chi connectivity index (χ0) is 17.8. The van der Waals surface area contributed by atoms with Gasteiger partial charge in [0.2, 0.25) is 0 Å². The Morgan fingerprint density at radius 1 is 0.920 bits per heavy atom. The number of fused-ring (bicyclic) bond motifs is 1. The first-order valence-electron chi connectivity index (χ1n) is 7.83. The number of amides is 1. The van der Waals surface area contributed by atoms with E-state index in [1.807, 2.05) is 42.5 Å². The summed E-state index contributed by atoms with van der Waals surface area (Å²) in [6.07, 6.45) is 0.171. The van der Waals surface area contributed by atoms with Gasteiger partial charge in [-0.25, -0.2) is 4.79 Å². The van der Waals surface area contributed by atoms with E-state index in [9.17, 15) is 19.8 Å². The lowest BCUT2D eigenvalue weighted by molar-refractivity contribution is -0.139. The number of carbonyl (C=O) groups is 2. The Morgan fingerprint density at radius 3 is 2.40 bits per heavy atom. The van der Waals surface area contributed by atoms with Crippen molar-refractivity contribution in [2.75, 3.05) is 0 Å². The second-order valence-electron chi connectivity index (χ2n) is 5.80. The highest BCUT2D eigenvalue weighted by Gasteiger charge is 2.21. The van der Waals surface area contributed by atoms with Crippen LogP contribution in [0.15, 0.2) is 66.7 Å². The highest BCUT2D eigenvalue weighted by atomic mass is 16.4. The van der Waals surface area contributed by atoms with Gasteiger partial charge in [-0.1, -0.05) is 48.5 Å². The predicted octanol–water partition coefficient (Wildman–Crippen LogP) is 2.97. The smallest absolute Gasteiger partial charge is 0.326 e. The van der Waals surface area contributed by atoms with Crippen LogP contribution in [-0.4, -0.2) is 28.1 Å². The van der Waals surface area contributed by atoms with Crippen molar-refractivity contribution >= 4 is 22.6 Å². The Labute approximate surface area is 144 Å². The van der Waals surface area contributed by atoms with Crippen LogP contribution >= 0.6 is 0 Å². The monoisotopic (exact) mass is 335 g/mol. The van der Waals surface area contributed by atoms with Crippen LogP contribution in [0.2, 0.25) is 0 Å². The van der Waals surface area contributed by atoms with Gasteiger partial charge in [-0.3, -0.25) is 4.79 Å². The second-order valence-corrected chi connectivity index (χ2v) is 5.80. The van der Waals surface area contributed by atoms with Crippen molar-refractivity contribution in [2.45, 2.75) is 12.5 Å². The molecule has 3 aromatic rings. The Kier molecular flexibility index (Phi) is 4.66. The van der Waals surface area contributed by atoms with Gasteiger partial charge in [0.05, 0.1) is 0 Å². The van der Waals surface area contributed by atoms with Gasteiger partial charge in [-0.2, -0.15) is 0 Å². The van der Waals surface area contributed by atoms with Crippen LogP contribution in [0, 0.1) is 0 Å². The summed E-state index contributed by atoms with van der Waals surface area (Å²) in [5.74, 6) is -1.69. The van der Waals surface area contributed by atoms with E-state index >= 15 is 0 Å². The molecule has 5 nitrogen and oxygen atoms in total. The van der Waals surface area contributed by atoms with Crippen LogP contribution in [-0.2, 0) is 11.2 Å². The molecule has 126 valence electrons. The molecule has 0 aliphatic rings. The van der Waals surface area contributed by atoms with Gasteiger partial charge < -0.3 is 15.5 Å². The van der Waals surface area contributed by atoms with E-state index in [4.69, 9.17) is 0 Å². The molecule has 3 N–H and O–H groups in total. The molecular formula is C20H17NO4. The van der Waals surface area contributed by atoms with Gasteiger partial charge in [0, 0.05) is 12.0 Å². The highest BCUT2D eigenvalue weighted by Crippen LogP contribution is 2.17. The number of phenolic OH excluding ortho intramolecular Hbond substituents is 1. The standard InChI is InChI=1S/C20H17NO4/c22-17-7-3-6-16(12-17)19(23)21-18(20(24)25)11-13-8-9-14-4-1-2-5-15(14)10-13/h1-10,12,18,22H,11H2,(H,21,23)(H,24,25). The first-order chi connectivity index (χ1) is 12.0. The maximum Gasteiger partial charge on any atom is 0.326 e. The molecule has 0 radical (unpaired) electrons. The first-order valence-corrected chi connectivity index (χ1v) is 7.83. The van der Waals surface area contributed by atoms with Gasteiger partial charge in [0.15, 0.2) is 0 Å². The Hall–Kier alpha value is -3.34. The van der Waals surface area contributed by atoms with Gasteiger partial charge >= 0.3 is 5.97 Å². The van der Waals surface area contributed by atoms with Crippen LogP contribution in [0.25, 0.3) is 10.8 Å². The molecule has 0 heterocycles. The maximum absolute atomic E-state index is 12.2. The number of benzene rings is 3.